The lowest BCUT2D eigenvalue weighted by Gasteiger charge is -2.46. The minimum absolute atomic E-state index is 0.0457. The van der Waals surface area contributed by atoms with Gasteiger partial charge in [-0.25, -0.2) is 8.78 Å². The number of carbonyl (C=O) groups is 2. The van der Waals surface area contributed by atoms with Crippen LogP contribution in [0.5, 0.6) is 0 Å². The van der Waals surface area contributed by atoms with E-state index in [9.17, 15) is 18.4 Å². The third kappa shape index (κ3) is 4.57. The van der Waals surface area contributed by atoms with Crippen molar-refractivity contribution in [1.29, 1.82) is 0 Å². The smallest absolute Gasteiger partial charge is 0.255 e. The van der Waals surface area contributed by atoms with Crippen LogP contribution in [0.2, 0.25) is 5.02 Å². The van der Waals surface area contributed by atoms with Gasteiger partial charge >= 0.3 is 0 Å². The highest BCUT2D eigenvalue weighted by Crippen LogP contribution is 2.54. The van der Waals surface area contributed by atoms with Crippen LogP contribution in [-0.4, -0.2) is 36.5 Å². The highest BCUT2D eigenvalue weighted by molar-refractivity contribution is 6.31. The van der Waals surface area contributed by atoms with Gasteiger partial charge in [-0.3, -0.25) is 9.59 Å². The van der Waals surface area contributed by atoms with Crippen LogP contribution in [0, 0.1) is 0 Å². The van der Waals surface area contributed by atoms with Crippen LogP contribution in [0.3, 0.4) is 0 Å². The number of ether oxygens (including phenoxy) is 1. The molecule has 0 bridgehead atoms. The van der Waals surface area contributed by atoms with Crippen LogP contribution >= 0.6 is 11.6 Å². The number of nitrogens with one attached hydrogen (secondary N) is 2. The van der Waals surface area contributed by atoms with Gasteiger partial charge in [0.1, 0.15) is 0 Å². The molecule has 0 spiro atoms. The van der Waals surface area contributed by atoms with E-state index in [1.165, 1.54) is 0 Å². The molecule has 2 N–H and O–H groups in total. The first-order valence-electron chi connectivity index (χ1n) is 10.2. The third-order valence-corrected chi connectivity index (χ3v) is 6.00. The molecule has 31 heavy (non-hydrogen) atoms. The molecular weight excluding hydrogens is 426 g/mol. The van der Waals surface area contributed by atoms with Gasteiger partial charge in [0, 0.05) is 35.7 Å². The zero-order valence-corrected chi connectivity index (χ0v) is 17.7. The molecule has 2 amide bonds. The molecule has 2 aromatic carbocycles. The lowest BCUT2D eigenvalue weighted by Crippen LogP contribution is -2.58. The fourth-order valence-electron chi connectivity index (χ4n) is 4.06. The molecule has 164 valence electrons. The predicted octanol–water partition coefficient (Wildman–Crippen LogP) is 4.55. The van der Waals surface area contributed by atoms with E-state index < -0.39 is 30.1 Å². The highest BCUT2D eigenvalue weighted by Gasteiger charge is 2.62. The van der Waals surface area contributed by atoms with Gasteiger partial charge < -0.3 is 15.4 Å². The second kappa shape index (κ2) is 8.20. The van der Waals surface area contributed by atoms with Crippen molar-refractivity contribution in [3.8, 4) is 0 Å². The first-order chi connectivity index (χ1) is 14.7. The van der Waals surface area contributed by atoms with Gasteiger partial charge in [0.25, 0.3) is 11.8 Å². The van der Waals surface area contributed by atoms with Crippen LogP contribution in [0.15, 0.2) is 48.5 Å². The number of rotatable bonds is 7. The molecule has 0 aromatic heterocycles. The second-order valence-corrected chi connectivity index (χ2v) is 8.58. The zero-order chi connectivity index (χ0) is 22.2. The largest absolute Gasteiger partial charge is 0.376 e. The number of carbonyl (C=O) groups excluding carboxylic acids is 2. The summed E-state index contributed by atoms with van der Waals surface area (Å²) in [4.78, 5) is 25.3. The normalized spacial score (nSPS) is 22.8. The maximum absolute atomic E-state index is 13.8. The average Bonchev–Trinajstić information content (AvgIpc) is 3.43. The van der Waals surface area contributed by atoms with Crippen molar-refractivity contribution in [2.45, 2.75) is 49.7 Å². The fraction of sp³-hybridized carbons (Fsp3) is 0.391. The summed E-state index contributed by atoms with van der Waals surface area (Å²) in [6, 6.07) is 12.9. The maximum Gasteiger partial charge on any atom is 0.255 e. The van der Waals surface area contributed by atoms with Gasteiger partial charge in [0.05, 0.1) is 17.6 Å². The second-order valence-electron chi connectivity index (χ2n) is 8.14. The minimum Gasteiger partial charge on any atom is -0.376 e. The lowest BCUT2D eigenvalue weighted by molar-refractivity contribution is -0.159. The summed E-state index contributed by atoms with van der Waals surface area (Å²) < 4.78 is 33.1. The van der Waals surface area contributed by atoms with E-state index in [0.717, 1.165) is 0 Å². The fourth-order valence-corrected chi connectivity index (χ4v) is 4.25. The molecule has 0 aliphatic heterocycles. The molecule has 0 radical (unpaired) electrons. The topological polar surface area (TPSA) is 67.4 Å². The van der Waals surface area contributed by atoms with E-state index in [1.54, 1.807) is 48.5 Å². The lowest BCUT2D eigenvalue weighted by atomic mass is 9.61. The molecule has 2 fully saturated rings. The van der Waals surface area contributed by atoms with Gasteiger partial charge in [-0.2, -0.15) is 0 Å². The van der Waals surface area contributed by atoms with Crippen LogP contribution in [0.1, 0.15) is 42.1 Å². The zero-order valence-electron chi connectivity index (χ0n) is 17.0. The molecule has 0 heterocycles. The maximum atomic E-state index is 13.8. The molecule has 0 unspecified atom stereocenters. The number of alkyl halides is 2. The van der Waals surface area contributed by atoms with E-state index >= 15 is 0 Å². The number of hydrogen-bond acceptors (Lipinski definition) is 3. The van der Waals surface area contributed by atoms with Crippen LogP contribution in [0.4, 0.5) is 14.5 Å². The average molecular weight is 449 g/mol. The Morgan fingerprint density at radius 1 is 1.16 bits per heavy atom. The van der Waals surface area contributed by atoms with Gasteiger partial charge in [-0.05, 0) is 49.2 Å². The number of hydrogen-bond donors (Lipinski definition) is 2. The van der Waals surface area contributed by atoms with Gasteiger partial charge in [0.15, 0.2) is 0 Å². The molecular formula is C23H23ClF2N2O3. The summed E-state index contributed by atoms with van der Waals surface area (Å²) in [6.07, 6.45) is -0.422. The number of benzene rings is 2. The predicted molar refractivity (Wildman–Crippen MR) is 114 cm³/mol. The number of amides is 2. The Labute approximate surface area is 184 Å². The Bertz CT molecular complexity index is 989. The Morgan fingerprint density at radius 3 is 2.48 bits per heavy atom. The first kappa shape index (κ1) is 21.7. The van der Waals surface area contributed by atoms with Crippen LogP contribution in [0.25, 0.3) is 0 Å². The SMILES string of the molecule is CCO[C@@H]1C[C@@H]1NC(=O)C1(c2ccc(NC(=O)c3cccc(Cl)c3)cc2)CC(F)(F)C1. The number of anilines is 1. The Kier molecular flexibility index (Phi) is 5.75. The first-order valence-corrected chi connectivity index (χ1v) is 10.6. The van der Waals surface area contributed by atoms with Crippen molar-refractivity contribution in [1.82, 2.24) is 5.32 Å². The molecule has 5 nitrogen and oxygen atoms in total. The Morgan fingerprint density at radius 2 is 1.87 bits per heavy atom. The summed E-state index contributed by atoms with van der Waals surface area (Å²) in [6.45, 7) is 2.42. The monoisotopic (exact) mass is 448 g/mol. The highest BCUT2D eigenvalue weighted by atomic mass is 35.5. The summed E-state index contributed by atoms with van der Waals surface area (Å²) in [5, 5.41) is 6.05. The molecule has 2 aromatic rings. The molecule has 4 rings (SSSR count). The van der Waals surface area contributed by atoms with Gasteiger partial charge in [0.2, 0.25) is 5.91 Å². The van der Waals surface area contributed by atoms with Gasteiger partial charge in [-0.1, -0.05) is 29.8 Å². The van der Waals surface area contributed by atoms with Crippen molar-refractivity contribution in [3.05, 3.63) is 64.7 Å². The molecule has 2 aliphatic carbocycles. The summed E-state index contributed by atoms with van der Waals surface area (Å²) >= 11 is 5.92. The van der Waals surface area contributed by atoms with E-state index in [-0.39, 0.29) is 18.1 Å². The number of halogens is 3. The van der Waals surface area contributed by atoms with E-state index in [0.29, 0.717) is 34.9 Å². The standard InChI is InChI=1S/C23H23ClF2N2O3/c1-2-31-19-11-18(19)28-21(30)22(12-23(25,26)13-22)15-6-8-17(9-7-15)27-20(29)14-4-3-5-16(24)10-14/h3-10,18-19H,2,11-13H2,1H3,(H,27,29)(H,28,30)/t18-,19+/m0/s1. The van der Waals surface area contributed by atoms with E-state index in [4.69, 9.17) is 16.3 Å². The van der Waals surface area contributed by atoms with Crippen LogP contribution < -0.4 is 10.6 Å². The van der Waals surface area contributed by atoms with Crippen molar-refractivity contribution in [2.24, 2.45) is 0 Å². The molecule has 0 saturated heterocycles. The van der Waals surface area contributed by atoms with Crippen LogP contribution in [-0.2, 0) is 14.9 Å². The van der Waals surface area contributed by atoms with E-state index in [1.807, 2.05) is 6.92 Å². The molecule has 8 heteroatoms. The third-order valence-electron chi connectivity index (χ3n) is 5.77. The van der Waals surface area contributed by atoms with Crippen molar-refractivity contribution in [3.63, 3.8) is 0 Å². The molecule has 2 atom stereocenters. The summed E-state index contributed by atoms with van der Waals surface area (Å²) in [5.74, 6) is -3.62. The van der Waals surface area contributed by atoms with E-state index in [2.05, 4.69) is 10.6 Å². The molecule has 2 saturated carbocycles. The van der Waals surface area contributed by atoms with Crippen molar-refractivity contribution in [2.75, 3.05) is 11.9 Å². The van der Waals surface area contributed by atoms with Crippen molar-refractivity contribution >= 4 is 29.1 Å². The van der Waals surface area contributed by atoms with Gasteiger partial charge in [-0.15, -0.1) is 0 Å². The van der Waals surface area contributed by atoms with Crippen molar-refractivity contribution < 1.29 is 23.1 Å². The summed E-state index contributed by atoms with van der Waals surface area (Å²) in [7, 11) is 0. The summed E-state index contributed by atoms with van der Waals surface area (Å²) in [5.41, 5.74) is 0.122. The molecule has 2 aliphatic rings. The Hall–Kier alpha value is -2.51. The Balaban J connectivity index is 1.47. The minimum atomic E-state index is -2.88. The quantitative estimate of drug-likeness (QED) is 0.652.